The van der Waals surface area contributed by atoms with Gasteiger partial charge >= 0.3 is 0 Å². The standard InChI is InChI=1S/C14H11BrN2O/c1-9-6-12(10-4-3-5-11(15)7-10)13(8-16)14(18)17(9)2/h3-7H,1-2H3. The van der Waals surface area contributed by atoms with Crippen LogP contribution in [0.3, 0.4) is 0 Å². The van der Waals surface area contributed by atoms with Crippen molar-refractivity contribution in [3.05, 3.63) is 56.4 Å². The van der Waals surface area contributed by atoms with E-state index in [1.54, 1.807) is 7.05 Å². The number of nitriles is 1. The van der Waals surface area contributed by atoms with Gasteiger partial charge < -0.3 is 4.57 Å². The van der Waals surface area contributed by atoms with Crippen LogP contribution in [0.15, 0.2) is 39.6 Å². The van der Waals surface area contributed by atoms with Crippen molar-refractivity contribution in [3.63, 3.8) is 0 Å². The summed E-state index contributed by atoms with van der Waals surface area (Å²) < 4.78 is 2.40. The highest BCUT2D eigenvalue weighted by Crippen LogP contribution is 2.25. The average Bonchev–Trinajstić information content (AvgIpc) is 2.35. The van der Waals surface area contributed by atoms with Crippen LogP contribution in [0, 0.1) is 18.3 Å². The molecule has 2 aromatic rings. The van der Waals surface area contributed by atoms with Gasteiger partial charge in [0.05, 0.1) is 0 Å². The van der Waals surface area contributed by atoms with Crippen molar-refractivity contribution in [2.24, 2.45) is 7.05 Å². The molecule has 0 radical (unpaired) electrons. The summed E-state index contributed by atoms with van der Waals surface area (Å²) in [5.41, 5.74) is 2.30. The summed E-state index contributed by atoms with van der Waals surface area (Å²) in [6.07, 6.45) is 0. The summed E-state index contributed by atoms with van der Waals surface area (Å²) in [5.74, 6) is 0. The first-order valence-electron chi connectivity index (χ1n) is 5.41. The van der Waals surface area contributed by atoms with Crippen LogP contribution in [0.1, 0.15) is 11.3 Å². The molecule has 0 aliphatic heterocycles. The molecule has 0 bridgehead atoms. The predicted molar refractivity (Wildman–Crippen MR) is 74.3 cm³/mol. The Morgan fingerprint density at radius 3 is 2.67 bits per heavy atom. The summed E-state index contributed by atoms with van der Waals surface area (Å²) in [6, 6.07) is 11.4. The molecule has 0 aliphatic carbocycles. The van der Waals surface area contributed by atoms with E-state index in [0.717, 1.165) is 15.7 Å². The Morgan fingerprint density at radius 2 is 2.06 bits per heavy atom. The molecule has 18 heavy (non-hydrogen) atoms. The second-order valence-corrected chi connectivity index (χ2v) is 4.98. The zero-order valence-corrected chi connectivity index (χ0v) is 11.7. The lowest BCUT2D eigenvalue weighted by atomic mass is 10.0. The maximum atomic E-state index is 12.0. The quantitative estimate of drug-likeness (QED) is 0.813. The first-order valence-corrected chi connectivity index (χ1v) is 6.20. The molecule has 0 saturated carbocycles. The number of pyridine rings is 1. The van der Waals surface area contributed by atoms with E-state index in [1.165, 1.54) is 4.57 Å². The second-order valence-electron chi connectivity index (χ2n) is 4.06. The lowest BCUT2D eigenvalue weighted by Gasteiger charge is -2.09. The van der Waals surface area contributed by atoms with Gasteiger partial charge in [-0.3, -0.25) is 4.79 Å². The Balaban J connectivity index is 2.81. The van der Waals surface area contributed by atoms with E-state index in [1.807, 2.05) is 43.3 Å². The molecule has 0 N–H and O–H groups in total. The third-order valence-electron chi connectivity index (χ3n) is 2.92. The monoisotopic (exact) mass is 302 g/mol. The third-order valence-corrected chi connectivity index (χ3v) is 3.41. The average molecular weight is 303 g/mol. The van der Waals surface area contributed by atoms with E-state index in [2.05, 4.69) is 15.9 Å². The third kappa shape index (κ3) is 2.09. The molecule has 1 heterocycles. The summed E-state index contributed by atoms with van der Waals surface area (Å²) >= 11 is 3.39. The van der Waals surface area contributed by atoms with E-state index in [4.69, 9.17) is 0 Å². The Morgan fingerprint density at radius 1 is 1.33 bits per heavy atom. The largest absolute Gasteiger partial charge is 0.315 e. The molecule has 0 spiro atoms. The molecule has 0 atom stereocenters. The van der Waals surface area contributed by atoms with Crippen molar-refractivity contribution in [2.75, 3.05) is 0 Å². The lowest BCUT2D eigenvalue weighted by Crippen LogP contribution is -2.22. The van der Waals surface area contributed by atoms with Crippen molar-refractivity contribution in [3.8, 4) is 17.2 Å². The van der Waals surface area contributed by atoms with Gasteiger partial charge in [-0.2, -0.15) is 5.26 Å². The number of aryl methyl sites for hydroxylation is 1. The highest BCUT2D eigenvalue weighted by molar-refractivity contribution is 9.10. The molecule has 2 rings (SSSR count). The SMILES string of the molecule is Cc1cc(-c2cccc(Br)c2)c(C#N)c(=O)n1C. The van der Waals surface area contributed by atoms with E-state index in [0.29, 0.717) is 5.56 Å². The minimum absolute atomic E-state index is 0.182. The molecule has 0 amide bonds. The molecule has 0 saturated heterocycles. The molecular weight excluding hydrogens is 292 g/mol. The molecule has 0 aliphatic rings. The smallest absolute Gasteiger partial charge is 0.269 e. The van der Waals surface area contributed by atoms with Crippen LogP contribution in [0.4, 0.5) is 0 Å². The number of halogens is 1. The molecule has 90 valence electrons. The van der Waals surface area contributed by atoms with E-state index >= 15 is 0 Å². The van der Waals surface area contributed by atoms with Gasteiger partial charge in [-0.05, 0) is 30.7 Å². The Kier molecular flexibility index (Phi) is 3.35. The summed E-state index contributed by atoms with van der Waals surface area (Å²) in [7, 11) is 1.67. The number of rotatable bonds is 1. The van der Waals surface area contributed by atoms with Gasteiger partial charge in [-0.15, -0.1) is 0 Å². The number of hydrogen-bond donors (Lipinski definition) is 0. The fourth-order valence-electron chi connectivity index (χ4n) is 1.81. The highest BCUT2D eigenvalue weighted by atomic mass is 79.9. The van der Waals surface area contributed by atoms with Gasteiger partial charge in [0.2, 0.25) is 0 Å². The van der Waals surface area contributed by atoms with Crippen LogP contribution < -0.4 is 5.56 Å². The fourth-order valence-corrected chi connectivity index (χ4v) is 2.21. The Bertz CT molecular complexity index is 711. The molecule has 1 aromatic heterocycles. The van der Waals surface area contributed by atoms with Crippen molar-refractivity contribution in [1.82, 2.24) is 4.57 Å². The van der Waals surface area contributed by atoms with Gasteiger partial charge in [-0.1, -0.05) is 28.1 Å². The Labute approximate surface area is 113 Å². The van der Waals surface area contributed by atoms with Crippen molar-refractivity contribution >= 4 is 15.9 Å². The van der Waals surface area contributed by atoms with Crippen LogP contribution in [-0.2, 0) is 7.05 Å². The summed E-state index contributed by atoms with van der Waals surface area (Å²) in [6.45, 7) is 1.85. The normalized spacial score (nSPS) is 10.1. The van der Waals surface area contributed by atoms with Gasteiger partial charge in [-0.25, -0.2) is 0 Å². The van der Waals surface area contributed by atoms with Crippen LogP contribution >= 0.6 is 15.9 Å². The first kappa shape index (κ1) is 12.6. The number of nitrogens with zero attached hydrogens (tertiary/aromatic N) is 2. The Hall–Kier alpha value is -1.86. The highest BCUT2D eigenvalue weighted by Gasteiger charge is 2.12. The van der Waals surface area contributed by atoms with Crippen molar-refractivity contribution in [1.29, 1.82) is 5.26 Å². The molecule has 3 nitrogen and oxygen atoms in total. The molecular formula is C14H11BrN2O. The number of aromatic nitrogens is 1. The maximum Gasteiger partial charge on any atom is 0.269 e. The van der Waals surface area contributed by atoms with Crippen molar-refractivity contribution in [2.45, 2.75) is 6.92 Å². The van der Waals surface area contributed by atoms with E-state index in [9.17, 15) is 10.1 Å². The van der Waals surface area contributed by atoms with Crippen LogP contribution in [-0.4, -0.2) is 4.57 Å². The maximum absolute atomic E-state index is 12.0. The first-order chi connectivity index (χ1) is 8.54. The molecule has 0 fully saturated rings. The molecule has 0 unspecified atom stereocenters. The summed E-state index contributed by atoms with van der Waals surface area (Å²) in [5, 5.41) is 9.17. The van der Waals surface area contributed by atoms with E-state index < -0.39 is 0 Å². The van der Waals surface area contributed by atoms with Crippen LogP contribution in [0.5, 0.6) is 0 Å². The van der Waals surface area contributed by atoms with Crippen LogP contribution in [0.25, 0.3) is 11.1 Å². The van der Waals surface area contributed by atoms with E-state index in [-0.39, 0.29) is 11.1 Å². The predicted octanol–water partition coefficient (Wildman–Crippen LogP) is 2.99. The van der Waals surface area contributed by atoms with Crippen molar-refractivity contribution < 1.29 is 0 Å². The van der Waals surface area contributed by atoms with Gasteiger partial charge in [0, 0.05) is 22.8 Å². The van der Waals surface area contributed by atoms with Gasteiger partial charge in [0.15, 0.2) is 0 Å². The number of benzene rings is 1. The molecule has 1 aromatic carbocycles. The fraction of sp³-hybridized carbons (Fsp3) is 0.143. The second kappa shape index (κ2) is 4.79. The van der Waals surface area contributed by atoms with Gasteiger partial charge in [0.25, 0.3) is 5.56 Å². The number of hydrogen-bond acceptors (Lipinski definition) is 2. The molecule has 4 heteroatoms. The zero-order valence-electron chi connectivity index (χ0n) is 10.1. The minimum Gasteiger partial charge on any atom is -0.315 e. The zero-order chi connectivity index (χ0) is 13.3. The summed E-state index contributed by atoms with van der Waals surface area (Å²) in [4.78, 5) is 12.0. The van der Waals surface area contributed by atoms with Crippen LogP contribution in [0.2, 0.25) is 0 Å². The minimum atomic E-state index is -0.257. The van der Waals surface area contributed by atoms with Gasteiger partial charge in [0.1, 0.15) is 11.6 Å². The topological polar surface area (TPSA) is 45.8 Å². The lowest BCUT2D eigenvalue weighted by molar-refractivity contribution is 0.816.